The van der Waals surface area contributed by atoms with E-state index in [1.165, 1.54) is 0 Å². The molecule has 0 unspecified atom stereocenters. The smallest absolute Gasteiger partial charge is 0.258 e. The largest absolute Gasteiger partial charge is 0.324 e. The molecular weight excluding hydrogens is 202 g/mol. The molecule has 82 valence electrons. The Kier molecular flexibility index (Phi) is 2.83. The van der Waals surface area contributed by atoms with Crippen molar-refractivity contribution in [2.24, 2.45) is 5.73 Å². The van der Waals surface area contributed by atoms with Crippen molar-refractivity contribution < 1.29 is 0 Å². The molecule has 0 aliphatic rings. The highest BCUT2D eigenvalue weighted by atomic mass is 16.1. The number of H-pyrrole nitrogens is 1. The molecule has 0 spiro atoms. The number of hydrogen-bond acceptors (Lipinski definition) is 3. The molecule has 0 radical (unpaired) electrons. The molecule has 2 aromatic rings. The summed E-state index contributed by atoms with van der Waals surface area (Å²) < 4.78 is 0. The molecule has 0 bridgehead atoms. The van der Waals surface area contributed by atoms with Crippen molar-refractivity contribution in [1.29, 1.82) is 0 Å². The van der Waals surface area contributed by atoms with Gasteiger partial charge in [-0.2, -0.15) is 0 Å². The Morgan fingerprint density at radius 3 is 2.56 bits per heavy atom. The Hall–Kier alpha value is -1.94. The fraction of sp³-hybridized carbons (Fsp3) is 0.167. The van der Waals surface area contributed by atoms with Gasteiger partial charge in [-0.25, -0.2) is 4.98 Å². The molecule has 0 aliphatic heterocycles. The number of nitrogens with two attached hydrogens (primary N) is 1. The number of nitrogens with one attached hydrogen (secondary N) is 1. The van der Waals surface area contributed by atoms with E-state index >= 15 is 0 Å². The minimum absolute atomic E-state index is 0.153. The molecule has 4 heteroatoms. The lowest BCUT2D eigenvalue weighted by Gasteiger charge is -2.02. The Balaban J connectivity index is 2.48. The van der Waals surface area contributed by atoms with Crippen molar-refractivity contribution in [3.05, 3.63) is 52.2 Å². The van der Waals surface area contributed by atoms with E-state index in [0.717, 1.165) is 11.1 Å². The van der Waals surface area contributed by atoms with Gasteiger partial charge in [-0.05, 0) is 12.5 Å². The van der Waals surface area contributed by atoms with Gasteiger partial charge in [0.15, 0.2) is 0 Å². The second-order valence-corrected chi connectivity index (χ2v) is 3.64. The molecule has 1 aromatic carbocycles. The van der Waals surface area contributed by atoms with Crippen molar-refractivity contribution in [3.63, 3.8) is 0 Å². The van der Waals surface area contributed by atoms with Crippen molar-refractivity contribution in [2.45, 2.75) is 13.5 Å². The minimum Gasteiger partial charge on any atom is -0.324 e. The Morgan fingerprint density at radius 2 is 2.00 bits per heavy atom. The summed E-state index contributed by atoms with van der Waals surface area (Å²) in [6, 6.07) is 7.74. The van der Waals surface area contributed by atoms with Gasteiger partial charge in [0.05, 0.1) is 12.1 Å². The van der Waals surface area contributed by atoms with Crippen LogP contribution in [0.3, 0.4) is 0 Å². The molecule has 4 nitrogen and oxygen atoms in total. The third-order valence-electron chi connectivity index (χ3n) is 2.41. The van der Waals surface area contributed by atoms with Crippen LogP contribution in [0.25, 0.3) is 11.1 Å². The first-order chi connectivity index (χ1) is 7.70. The summed E-state index contributed by atoms with van der Waals surface area (Å²) in [5.74, 6) is 0.501. The average Bonchev–Trinajstić information content (AvgIpc) is 2.30. The number of aromatic amines is 1. The fourth-order valence-corrected chi connectivity index (χ4v) is 1.47. The highest BCUT2D eigenvalue weighted by molar-refractivity contribution is 5.61. The number of hydrogen-bond donors (Lipinski definition) is 2. The van der Waals surface area contributed by atoms with Crippen LogP contribution in [-0.2, 0) is 6.54 Å². The van der Waals surface area contributed by atoms with Crippen LogP contribution in [0, 0.1) is 6.92 Å². The van der Waals surface area contributed by atoms with E-state index in [-0.39, 0.29) is 12.1 Å². The molecule has 2 rings (SSSR count). The van der Waals surface area contributed by atoms with E-state index in [1.807, 2.05) is 31.2 Å². The van der Waals surface area contributed by atoms with Gasteiger partial charge in [-0.3, -0.25) is 4.79 Å². The zero-order valence-electron chi connectivity index (χ0n) is 9.03. The Labute approximate surface area is 93.2 Å². The van der Waals surface area contributed by atoms with E-state index in [9.17, 15) is 4.79 Å². The van der Waals surface area contributed by atoms with Crippen molar-refractivity contribution in [1.82, 2.24) is 9.97 Å². The van der Waals surface area contributed by atoms with Crippen LogP contribution in [-0.4, -0.2) is 9.97 Å². The van der Waals surface area contributed by atoms with Gasteiger partial charge < -0.3 is 10.7 Å². The molecule has 0 aliphatic carbocycles. The normalized spacial score (nSPS) is 10.4. The summed E-state index contributed by atoms with van der Waals surface area (Å²) in [6.45, 7) is 2.24. The van der Waals surface area contributed by atoms with Crippen molar-refractivity contribution in [3.8, 4) is 11.1 Å². The first-order valence-electron chi connectivity index (χ1n) is 5.06. The number of rotatable bonds is 2. The van der Waals surface area contributed by atoms with Gasteiger partial charge >= 0.3 is 0 Å². The maximum atomic E-state index is 11.7. The van der Waals surface area contributed by atoms with Crippen LogP contribution in [0.4, 0.5) is 0 Å². The summed E-state index contributed by atoms with van der Waals surface area (Å²) in [7, 11) is 0. The molecule has 0 saturated heterocycles. The summed E-state index contributed by atoms with van der Waals surface area (Å²) in [4.78, 5) is 18.5. The topological polar surface area (TPSA) is 71.8 Å². The van der Waals surface area contributed by atoms with E-state index in [2.05, 4.69) is 9.97 Å². The van der Waals surface area contributed by atoms with Gasteiger partial charge in [-0.15, -0.1) is 0 Å². The molecule has 1 heterocycles. The number of aryl methyl sites for hydroxylation is 1. The predicted octanol–water partition coefficient (Wildman–Crippen LogP) is 1.20. The van der Waals surface area contributed by atoms with Crippen molar-refractivity contribution in [2.75, 3.05) is 0 Å². The zero-order chi connectivity index (χ0) is 11.5. The monoisotopic (exact) mass is 215 g/mol. The Bertz CT molecular complexity index is 543. The maximum absolute atomic E-state index is 11.7. The average molecular weight is 215 g/mol. The molecule has 0 atom stereocenters. The van der Waals surface area contributed by atoms with Crippen LogP contribution < -0.4 is 11.3 Å². The van der Waals surface area contributed by atoms with Gasteiger partial charge in [0.2, 0.25) is 0 Å². The maximum Gasteiger partial charge on any atom is 0.258 e. The summed E-state index contributed by atoms with van der Waals surface area (Å²) in [6.07, 6.45) is 1.56. The first kappa shape index (κ1) is 10.6. The van der Waals surface area contributed by atoms with Crippen LogP contribution in [0.2, 0.25) is 0 Å². The first-order valence-corrected chi connectivity index (χ1v) is 5.06. The lowest BCUT2D eigenvalue weighted by atomic mass is 10.1. The molecule has 0 saturated carbocycles. The molecule has 1 aromatic heterocycles. The van der Waals surface area contributed by atoms with Crippen LogP contribution in [0.5, 0.6) is 0 Å². The second kappa shape index (κ2) is 4.28. The Morgan fingerprint density at radius 1 is 1.31 bits per heavy atom. The summed E-state index contributed by atoms with van der Waals surface area (Å²) in [5.41, 5.74) is 7.83. The predicted molar refractivity (Wildman–Crippen MR) is 62.9 cm³/mol. The fourth-order valence-electron chi connectivity index (χ4n) is 1.47. The van der Waals surface area contributed by atoms with E-state index < -0.39 is 0 Å². The van der Waals surface area contributed by atoms with Crippen LogP contribution in [0.1, 0.15) is 11.4 Å². The third kappa shape index (κ3) is 2.01. The van der Waals surface area contributed by atoms with Crippen LogP contribution >= 0.6 is 0 Å². The summed E-state index contributed by atoms with van der Waals surface area (Å²) in [5, 5.41) is 0. The SMILES string of the molecule is Cc1ccc(-c2cnc(CN)[nH]c2=O)cc1. The number of aromatic nitrogens is 2. The quantitative estimate of drug-likeness (QED) is 0.790. The lowest BCUT2D eigenvalue weighted by Crippen LogP contribution is -2.15. The molecule has 0 amide bonds. The minimum atomic E-state index is -0.153. The molecule has 3 N–H and O–H groups in total. The van der Waals surface area contributed by atoms with Crippen LogP contribution in [0.15, 0.2) is 35.3 Å². The van der Waals surface area contributed by atoms with E-state index in [4.69, 9.17) is 5.73 Å². The highest BCUT2D eigenvalue weighted by Crippen LogP contribution is 2.14. The standard InChI is InChI=1S/C12H13N3O/c1-8-2-4-9(5-3-8)10-7-14-11(6-13)15-12(10)16/h2-5,7H,6,13H2,1H3,(H,14,15,16). The molecular formula is C12H13N3O. The highest BCUT2D eigenvalue weighted by Gasteiger charge is 2.04. The lowest BCUT2D eigenvalue weighted by molar-refractivity contribution is 0.895. The van der Waals surface area contributed by atoms with E-state index in [0.29, 0.717) is 11.4 Å². The van der Waals surface area contributed by atoms with Gasteiger partial charge in [0.1, 0.15) is 5.82 Å². The second-order valence-electron chi connectivity index (χ2n) is 3.64. The van der Waals surface area contributed by atoms with Gasteiger partial charge in [-0.1, -0.05) is 29.8 Å². The summed E-state index contributed by atoms with van der Waals surface area (Å²) >= 11 is 0. The van der Waals surface area contributed by atoms with Crippen molar-refractivity contribution >= 4 is 0 Å². The van der Waals surface area contributed by atoms with Gasteiger partial charge in [0.25, 0.3) is 5.56 Å². The van der Waals surface area contributed by atoms with Gasteiger partial charge in [0, 0.05) is 6.20 Å². The molecule has 0 fully saturated rings. The number of nitrogens with zero attached hydrogens (tertiary/aromatic N) is 1. The zero-order valence-corrected chi connectivity index (χ0v) is 9.03. The third-order valence-corrected chi connectivity index (χ3v) is 2.41. The van der Waals surface area contributed by atoms with E-state index in [1.54, 1.807) is 6.20 Å². The molecule has 16 heavy (non-hydrogen) atoms. The number of benzene rings is 1.